The van der Waals surface area contributed by atoms with Crippen LogP contribution < -0.4 is 5.73 Å². The number of anilines is 1. The van der Waals surface area contributed by atoms with E-state index in [9.17, 15) is 13.2 Å². The minimum absolute atomic E-state index is 0.374. The smallest absolute Gasteiger partial charge is 0.383 e. The molecule has 0 spiro atoms. The molecule has 2 saturated carbocycles. The van der Waals surface area contributed by atoms with E-state index in [1.54, 1.807) is 0 Å². The first-order valence-electron chi connectivity index (χ1n) is 11.1. The average Bonchev–Trinajstić information content (AvgIpc) is 3.17. The maximum absolute atomic E-state index is 13.3. The number of pyridine rings is 1. The molecule has 0 amide bonds. The van der Waals surface area contributed by atoms with E-state index >= 15 is 0 Å². The number of nitrogens with zero attached hydrogens (tertiary/aromatic N) is 4. The van der Waals surface area contributed by atoms with Crippen LogP contribution in [-0.2, 0) is 10.9 Å². The molecule has 2 aromatic rings. The quantitative estimate of drug-likeness (QED) is 0.796. The van der Waals surface area contributed by atoms with Crippen molar-refractivity contribution in [2.45, 2.75) is 49.9 Å². The lowest BCUT2D eigenvalue weighted by Gasteiger charge is -2.36. The Morgan fingerprint density at radius 3 is 2.42 bits per heavy atom. The van der Waals surface area contributed by atoms with Crippen LogP contribution in [-0.4, -0.2) is 51.8 Å². The van der Waals surface area contributed by atoms with Crippen molar-refractivity contribution in [1.82, 2.24) is 19.4 Å². The standard InChI is InChI=1S/C22H26F3N5O/c23-22(24,25)17-5-13(6-27-20(17)26)18-9-30(21(28-18)12-3-1-2-4-12)19-15-7-29(8-16(15)19)14-10-31-11-14/h5-6,9,12,14-16,19H,1-4,7-8,10-11H2,(H2,26,27)/t15-,16+,19+. The molecule has 4 heterocycles. The fraction of sp³-hybridized carbons (Fsp3) is 0.636. The van der Waals surface area contributed by atoms with Gasteiger partial charge in [-0.1, -0.05) is 12.8 Å². The van der Waals surface area contributed by atoms with E-state index in [0.717, 1.165) is 51.0 Å². The molecule has 3 atom stereocenters. The molecule has 6 nitrogen and oxygen atoms in total. The summed E-state index contributed by atoms with van der Waals surface area (Å²) < 4.78 is 47.7. The molecule has 0 aromatic carbocycles. The maximum atomic E-state index is 13.3. The summed E-state index contributed by atoms with van der Waals surface area (Å²) in [5.74, 6) is 2.12. The van der Waals surface area contributed by atoms with Gasteiger partial charge in [-0.05, 0) is 30.7 Å². The number of aromatic nitrogens is 3. The summed E-state index contributed by atoms with van der Waals surface area (Å²) in [4.78, 5) is 11.2. The Morgan fingerprint density at radius 2 is 1.81 bits per heavy atom. The molecule has 4 fully saturated rings. The molecule has 2 aromatic heterocycles. The van der Waals surface area contributed by atoms with Gasteiger partial charge in [-0.15, -0.1) is 0 Å². The van der Waals surface area contributed by atoms with Crippen LogP contribution in [0.4, 0.5) is 19.0 Å². The average molecular weight is 433 g/mol. The highest BCUT2D eigenvalue weighted by Crippen LogP contribution is 2.57. The van der Waals surface area contributed by atoms with Gasteiger partial charge in [0.15, 0.2) is 0 Å². The van der Waals surface area contributed by atoms with Crippen LogP contribution in [0.25, 0.3) is 11.3 Å². The summed E-state index contributed by atoms with van der Waals surface area (Å²) in [5.41, 5.74) is 5.53. The summed E-state index contributed by atoms with van der Waals surface area (Å²) in [6, 6.07) is 2.04. The summed E-state index contributed by atoms with van der Waals surface area (Å²) >= 11 is 0. The lowest BCUT2D eigenvalue weighted by Crippen LogP contribution is -2.49. The van der Waals surface area contributed by atoms with Crippen LogP contribution in [0.5, 0.6) is 0 Å². The van der Waals surface area contributed by atoms with Crippen LogP contribution in [0.2, 0.25) is 0 Å². The van der Waals surface area contributed by atoms with Gasteiger partial charge in [0.2, 0.25) is 0 Å². The second-order valence-electron chi connectivity index (χ2n) is 9.49. The number of halogens is 3. The zero-order valence-electron chi connectivity index (χ0n) is 17.2. The Kier molecular flexibility index (Phi) is 4.37. The van der Waals surface area contributed by atoms with Gasteiger partial charge in [0.05, 0.1) is 30.5 Å². The van der Waals surface area contributed by atoms with Gasteiger partial charge in [-0.3, -0.25) is 4.90 Å². The van der Waals surface area contributed by atoms with Gasteiger partial charge < -0.3 is 15.0 Å². The molecule has 4 aliphatic rings. The third-order valence-electron chi connectivity index (χ3n) is 7.64. The van der Waals surface area contributed by atoms with E-state index in [4.69, 9.17) is 15.5 Å². The highest BCUT2D eigenvalue weighted by molar-refractivity contribution is 5.62. The first-order chi connectivity index (χ1) is 14.9. The van der Waals surface area contributed by atoms with Crippen LogP contribution >= 0.6 is 0 Å². The van der Waals surface area contributed by atoms with Crippen molar-refractivity contribution >= 4 is 5.82 Å². The molecule has 166 valence electrons. The number of fused-ring (bicyclic) bond motifs is 1. The highest BCUT2D eigenvalue weighted by atomic mass is 19.4. The number of hydrogen-bond donors (Lipinski definition) is 1. The third kappa shape index (κ3) is 3.24. The van der Waals surface area contributed by atoms with Gasteiger partial charge >= 0.3 is 6.18 Å². The summed E-state index contributed by atoms with van der Waals surface area (Å²) in [6.07, 6.45) is 3.38. The molecule has 2 saturated heterocycles. The molecular weight excluding hydrogens is 407 g/mol. The number of ether oxygens (including phenoxy) is 1. The largest absolute Gasteiger partial charge is 0.419 e. The molecule has 2 aliphatic heterocycles. The van der Waals surface area contributed by atoms with Crippen molar-refractivity contribution in [2.24, 2.45) is 11.8 Å². The van der Waals surface area contributed by atoms with Crippen molar-refractivity contribution in [3.63, 3.8) is 0 Å². The first kappa shape index (κ1) is 19.5. The Morgan fingerprint density at radius 1 is 1.10 bits per heavy atom. The molecule has 31 heavy (non-hydrogen) atoms. The Labute approximate surface area is 178 Å². The van der Waals surface area contributed by atoms with E-state index < -0.39 is 17.6 Å². The number of alkyl halides is 3. The number of nitrogens with two attached hydrogens (primary N) is 1. The number of likely N-dealkylation sites (tertiary alicyclic amines) is 1. The van der Waals surface area contributed by atoms with Crippen molar-refractivity contribution in [1.29, 1.82) is 0 Å². The number of imidazole rings is 1. The molecule has 0 unspecified atom stereocenters. The van der Waals surface area contributed by atoms with Crippen LogP contribution in [0.3, 0.4) is 0 Å². The highest BCUT2D eigenvalue weighted by Gasteiger charge is 2.58. The SMILES string of the molecule is Nc1ncc(-c2cn([C@H]3[C@@H]4CN(C5COC5)C[C@@H]43)c(C3CCCC3)n2)cc1C(F)(F)F. The van der Waals surface area contributed by atoms with Crippen LogP contribution in [0, 0.1) is 11.8 Å². The second-order valence-corrected chi connectivity index (χ2v) is 9.49. The van der Waals surface area contributed by atoms with Crippen molar-refractivity contribution in [2.75, 3.05) is 32.0 Å². The lowest BCUT2D eigenvalue weighted by atomic mass is 10.1. The van der Waals surface area contributed by atoms with Gasteiger partial charge in [0, 0.05) is 43.0 Å². The van der Waals surface area contributed by atoms with Crippen LogP contribution in [0.15, 0.2) is 18.5 Å². The van der Waals surface area contributed by atoms with Gasteiger partial charge in [0.1, 0.15) is 11.6 Å². The molecule has 2 N–H and O–H groups in total. The van der Waals surface area contributed by atoms with Crippen molar-refractivity contribution in [3.8, 4) is 11.3 Å². The lowest BCUT2D eigenvalue weighted by molar-refractivity contribution is -0.137. The number of piperidine rings is 1. The molecule has 0 radical (unpaired) electrons. The normalized spacial score (nSPS) is 29.3. The topological polar surface area (TPSA) is 69.2 Å². The van der Waals surface area contributed by atoms with E-state index in [2.05, 4.69) is 14.5 Å². The molecule has 2 aliphatic carbocycles. The van der Waals surface area contributed by atoms with Crippen molar-refractivity contribution < 1.29 is 17.9 Å². The predicted octanol–water partition coefficient (Wildman–Crippen LogP) is 3.71. The van der Waals surface area contributed by atoms with Gasteiger partial charge in [-0.2, -0.15) is 13.2 Å². The molecule has 6 rings (SSSR count). The summed E-state index contributed by atoms with van der Waals surface area (Å²) in [5, 5.41) is 0. The number of rotatable bonds is 4. The minimum Gasteiger partial charge on any atom is -0.383 e. The van der Waals surface area contributed by atoms with Gasteiger partial charge in [0.25, 0.3) is 0 Å². The zero-order valence-corrected chi connectivity index (χ0v) is 17.2. The fourth-order valence-corrected chi connectivity index (χ4v) is 5.79. The summed E-state index contributed by atoms with van der Waals surface area (Å²) in [6.45, 7) is 3.81. The zero-order chi connectivity index (χ0) is 21.3. The first-order valence-corrected chi connectivity index (χ1v) is 11.1. The van der Waals surface area contributed by atoms with Crippen LogP contribution in [0.1, 0.15) is 49.0 Å². The predicted molar refractivity (Wildman–Crippen MR) is 108 cm³/mol. The second kappa shape index (κ2) is 6.93. The number of nitrogen functional groups attached to an aromatic ring is 1. The van der Waals surface area contributed by atoms with E-state index in [1.165, 1.54) is 19.0 Å². The third-order valence-corrected chi connectivity index (χ3v) is 7.64. The summed E-state index contributed by atoms with van der Waals surface area (Å²) in [7, 11) is 0. The monoisotopic (exact) mass is 433 g/mol. The van der Waals surface area contributed by atoms with E-state index in [-0.39, 0.29) is 0 Å². The Hall–Kier alpha value is -2.13. The molecular formula is C22H26F3N5O. The molecule has 9 heteroatoms. The minimum atomic E-state index is -4.54. The maximum Gasteiger partial charge on any atom is 0.419 e. The Bertz CT molecular complexity index is 984. The molecule has 0 bridgehead atoms. The van der Waals surface area contributed by atoms with Gasteiger partial charge in [-0.25, -0.2) is 9.97 Å². The Balaban J connectivity index is 1.32. The van der Waals surface area contributed by atoms with E-state index in [0.29, 0.717) is 41.1 Å². The fourth-order valence-electron chi connectivity index (χ4n) is 5.79. The van der Waals surface area contributed by atoms with Crippen molar-refractivity contribution in [3.05, 3.63) is 29.8 Å². The van der Waals surface area contributed by atoms with E-state index in [1.807, 2.05) is 6.20 Å². The number of hydrogen-bond acceptors (Lipinski definition) is 5.